The van der Waals surface area contributed by atoms with Gasteiger partial charge in [0, 0.05) is 0 Å². The molecule has 0 atom stereocenters. The van der Waals surface area contributed by atoms with Crippen molar-refractivity contribution in [2.75, 3.05) is 27.2 Å². The summed E-state index contributed by atoms with van der Waals surface area (Å²) in [7, 11) is 4.31. The lowest BCUT2D eigenvalue weighted by atomic mass is 10.4. The Morgan fingerprint density at radius 2 is 1.31 bits per heavy atom. The Hall–Kier alpha value is -0.730. The summed E-state index contributed by atoms with van der Waals surface area (Å²) in [5.41, 5.74) is 0. The minimum absolute atomic E-state index is 0. The molecule has 0 spiro atoms. The number of likely N-dealkylation sites (N-methyl/N-ethyl adjacent to an activating group) is 1. The molecule has 0 aromatic rings. The van der Waals surface area contributed by atoms with E-state index in [4.69, 9.17) is 5.11 Å². The maximum atomic E-state index is 7.33. The molecule has 0 radical (unpaired) electrons. The number of hydrogen-bond acceptors (Lipinski definition) is 1. The van der Waals surface area contributed by atoms with Crippen molar-refractivity contribution in [2.24, 2.45) is 0 Å². The molecule has 13 heavy (non-hydrogen) atoms. The fourth-order valence-corrected chi connectivity index (χ4v) is 0.774. The summed E-state index contributed by atoms with van der Waals surface area (Å²) >= 11 is 0. The van der Waals surface area contributed by atoms with Crippen LogP contribution in [0.2, 0.25) is 0 Å². The molecule has 0 amide bonds. The number of quaternary nitrogens is 1. The van der Waals surface area contributed by atoms with Gasteiger partial charge in [0.2, 0.25) is 0 Å². The van der Waals surface area contributed by atoms with Crippen LogP contribution in [0.5, 0.6) is 0 Å². The normalized spacial score (nSPS) is 8.46. The fraction of sp³-hybridized carbons (Fsp3) is 0.400. The van der Waals surface area contributed by atoms with Crippen molar-refractivity contribution in [3.05, 3.63) is 38.2 Å². The van der Waals surface area contributed by atoms with Crippen molar-refractivity contribution < 1.29 is 22.0 Å². The molecule has 0 aromatic heterocycles. The van der Waals surface area contributed by atoms with E-state index in [1.54, 1.807) is 0 Å². The molecule has 3 heteroatoms. The van der Waals surface area contributed by atoms with E-state index in [2.05, 4.69) is 33.8 Å². The average molecular weight is 206 g/mol. The Balaban J connectivity index is -0.000000220. The molecule has 0 aliphatic carbocycles. The number of halogens is 1. The summed E-state index contributed by atoms with van der Waals surface area (Å²) in [6, 6.07) is 0. The van der Waals surface area contributed by atoms with Gasteiger partial charge >= 0.3 is 0 Å². The zero-order valence-electron chi connectivity index (χ0n) is 8.54. The Labute approximate surface area is 87.9 Å². The molecule has 78 valence electrons. The highest BCUT2D eigenvalue weighted by Gasteiger charge is 2.07. The van der Waals surface area contributed by atoms with Crippen molar-refractivity contribution in [3.63, 3.8) is 0 Å². The number of aliphatic hydroxyl groups excluding tert-OH is 1. The lowest BCUT2D eigenvalue weighted by Crippen LogP contribution is -3.00. The number of rotatable bonds is 4. The third kappa shape index (κ3) is 18.3. The van der Waals surface area contributed by atoms with Crippen LogP contribution in [0.3, 0.4) is 0 Å². The van der Waals surface area contributed by atoms with E-state index in [-0.39, 0.29) is 12.4 Å². The summed E-state index contributed by atoms with van der Waals surface area (Å²) in [5.74, 6) is 0. The van der Waals surface area contributed by atoms with E-state index in [1.165, 1.54) is 0 Å². The third-order valence-corrected chi connectivity index (χ3v) is 1.25. The minimum Gasteiger partial charge on any atom is -1.00 e. The highest BCUT2D eigenvalue weighted by molar-refractivity contribution is 4.69. The van der Waals surface area contributed by atoms with Gasteiger partial charge in [0.25, 0.3) is 0 Å². The second-order valence-corrected chi connectivity index (χ2v) is 3.06. The van der Waals surface area contributed by atoms with Crippen LogP contribution in [0, 0.1) is 0 Å². The minimum atomic E-state index is 0. The molecule has 0 rings (SSSR count). The third-order valence-electron chi connectivity index (χ3n) is 1.25. The van der Waals surface area contributed by atoms with Crippen LogP contribution in [0.1, 0.15) is 0 Å². The van der Waals surface area contributed by atoms with E-state index in [1.807, 2.05) is 12.2 Å². The Kier molecular flexibility index (Phi) is 15.7. The van der Waals surface area contributed by atoms with Gasteiger partial charge in [-0.2, -0.15) is 0 Å². The van der Waals surface area contributed by atoms with Crippen LogP contribution in [0.25, 0.3) is 0 Å². The molecule has 0 heterocycles. The van der Waals surface area contributed by atoms with Crippen LogP contribution in [0.4, 0.5) is 0 Å². The second-order valence-electron chi connectivity index (χ2n) is 3.06. The van der Waals surface area contributed by atoms with Gasteiger partial charge in [-0.05, 0) is 12.2 Å². The van der Waals surface area contributed by atoms with Gasteiger partial charge < -0.3 is 22.0 Å². The SMILES string of the molecule is C=CC[N+](C)(C)CC=C.C=CO.[Cl-]. The van der Waals surface area contributed by atoms with Crippen molar-refractivity contribution in [3.8, 4) is 0 Å². The highest BCUT2D eigenvalue weighted by atomic mass is 35.5. The predicted molar refractivity (Wildman–Crippen MR) is 55.1 cm³/mol. The van der Waals surface area contributed by atoms with E-state index < -0.39 is 0 Å². The predicted octanol–water partition coefficient (Wildman–Crippen LogP) is -0.873. The van der Waals surface area contributed by atoms with E-state index in [0.29, 0.717) is 0 Å². The monoisotopic (exact) mass is 205 g/mol. The summed E-state index contributed by atoms with van der Waals surface area (Å²) in [4.78, 5) is 0. The second kappa shape index (κ2) is 11.3. The van der Waals surface area contributed by atoms with Crippen LogP contribution < -0.4 is 12.4 Å². The maximum Gasteiger partial charge on any atom is 0.0969 e. The smallest absolute Gasteiger partial charge is 0.0969 e. The summed E-state index contributed by atoms with van der Waals surface area (Å²) in [6.07, 6.45) is 4.62. The first-order valence-corrected chi connectivity index (χ1v) is 3.83. The molecule has 0 saturated heterocycles. The highest BCUT2D eigenvalue weighted by Crippen LogP contribution is 1.95. The maximum absolute atomic E-state index is 7.33. The largest absolute Gasteiger partial charge is 1.00 e. The van der Waals surface area contributed by atoms with Gasteiger partial charge in [0.05, 0.1) is 33.4 Å². The van der Waals surface area contributed by atoms with E-state index >= 15 is 0 Å². The summed E-state index contributed by atoms with van der Waals surface area (Å²) < 4.78 is 0.951. The van der Waals surface area contributed by atoms with Crippen LogP contribution in [-0.4, -0.2) is 36.8 Å². The number of nitrogens with zero attached hydrogens (tertiary/aromatic N) is 1. The molecule has 0 aliphatic rings. The van der Waals surface area contributed by atoms with Crippen LogP contribution in [-0.2, 0) is 0 Å². The lowest BCUT2D eigenvalue weighted by molar-refractivity contribution is -0.878. The van der Waals surface area contributed by atoms with Gasteiger partial charge in [-0.25, -0.2) is 0 Å². The van der Waals surface area contributed by atoms with Crippen molar-refractivity contribution in [1.82, 2.24) is 0 Å². The summed E-state index contributed by atoms with van der Waals surface area (Å²) in [5, 5.41) is 7.33. The molecular weight excluding hydrogens is 186 g/mol. The van der Waals surface area contributed by atoms with Crippen LogP contribution in [0.15, 0.2) is 38.2 Å². The Morgan fingerprint density at radius 3 is 1.46 bits per heavy atom. The zero-order valence-corrected chi connectivity index (χ0v) is 9.30. The molecule has 2 nitrogen and oxygen atoms in total. The molecule has 0 aromatic carbocycles. The molecule has 0 saturated carbocycles. The van der Waals surface area contributed by atoms with Gasteiger partial charge in [-0.1, -0.05) is 19.7 Å². The van der Waals surface area contributed by atoms with Crippen LogP contribution >= 0.6 is 0 Å². The molecule has 0 fully saturated rings. The standard InChI is InChI=1S/C8H16N.C2H4O.ClH/c1-5-7-9(3,4)8-6-2;1-2-3;/h5-6H,1-2,7-8H2,3-4H3;2-3H,1H2;1H/q+1;;/p-1. The zero-order chi connectivity index (χ0) is 10.0. The molecule has 0 unspecified atom stereocenters. The lowest BCUT2D eigenvalue weighted by Gasteiger charge is -2.26. The number of hydrogen-bond donors (Lipinski definition) is 1. The van der Waals surface area contributed by atoms with E-state index in [0.717, 1.165) is 23.8 Å². The van der Waals surface area contributed by atoms with Crippen molar-refractivity contribution in [1.29, 1.82) is 0 Å². The quantitative estimate of drug-likeness (QED) is 0.360. The van der Waals surface area contributed by atoms with Crippen molar-refractivity contribution in [2.45, 2.75) is 0 Å². The Bertz CT molecular complexity index is 132. The van der Waals surface area contributed by atoms with Gasteiger partial charge in [-0.15, -0.1) is 0 Å². The molecule has 1 N–H and O–H groups in total. The fourth-order valence-electron chi connectivity index (χ4n) is 0.774. The molecular formula is C10H20ClNO. The topological polar surface area (TPSA) is 20.2 Å². The average Bonchev–Trinajstić information content (AvgIpc) is 1.88. The molecule has 0 aliphatic heterocycles. The van der Waals surface area contributed by atoms with Gasteiger partial charge in [0.15, 0.2) is 0 Å². The Morgan fingerprint density at radius 1 is 1.08 bits per heavy atom. The molecule has 0 bridgehead atoms. The first-order chi connectivity index (χ1) is 5.54. The van der Waals surface area contributed by atoms with Gasteiger partial charge in [0.1, 0.15) is 0 Å². The van der Waals surface area contributed by atoms with Gasteiger partial charge in [-0.3, -0.25) is 0 Å². The summed E-state index contributed by atoms with van der Waals surface area (Å²) in [6.45, 7) is 12.3. The van der Waals surface area contributed by atoms with E-state index in [9.17, 15) is 0 Å². The first-order valence-electron chi connectivity index (χ1n) is 3.83. The first kappa shape index (κ1) is 18.1. The number of aliphatic hydroxyl groups is 1. The van der Waals surface area contributed by atoms with Crippen molar-refractivity contribution >= 4 is 0 Å².